The van der Waals surface area contributed by atoms with E-state index in [1.165, 1.54) is 0 Å². The van der Waals surface area contributed by atoms with Gasteiger partial charge in [-0.2, -0.15) is 0 Å². The highest BCUT2D eigenvalue weighted by atomic mass is 16.2. The number of hydrogen-bond acceptors (Lipinski definition) is 3. The minimum atomic E-state index is -0.193. The molecule has 0 unspecified atom stereocenters. The Hall–Kier alpha value is -2.56. The number of nitrogens with one attached hydrogen (secondary N) is 1. The topological polar surface area (TPSA) is 56.4 Å². The number of aromatic nitrogens is 1. The van der Waals surface area contributed by atoms with Crippen LogP contribution in [0.1, 0.15) is 42.1 Å². The van der Waals surface area contributed by atoms with E-state index in [2.05, 4.69) is 23.9 Å². The van der Waals surface area contributed by atoms with Crippen LogP contribution in [0.4, 0.5) is 11.4 Å². The predicted molar refractivity (Wildman–Crippen MR) is 102 cm³/mol. The summed E-state index contributed by atoms with van der Waals surface area (Å²) in [6, 6.07) is 9.55. The summed E-state index contributed by atoms with van der Waals surface area (Å²) in [5, 5.41) is 0. The Bertz CT molecular complexity index is 795. The van der Waals surface area contributed by atoms with Gasteiger partial charge in [-0.05, 0) is 55.2 Å². The molecule has 5 heteroatoms. The van der Waals surface area contributed by atoms with Gasteiger partial charge in [-0.25, -0.2) is 0 Å². The Balaban J connectivity index is 1.82. The molecule has 0 saturated carbocycles. The molecule has 0 aliphatic carbocycles. The number of benzene rings is 1. The predicted octanol–water partition coefficient (Wildman–Crippen LogP) is 3.20. The average molecular weight is 339 g/mol. The zero-order chi connectivity index (χ0) is 17.8. The Morgan fingerprint density at radius 2 is 2.00 bits per heavy atom. The third-order valence-corrected chi connectivity index (χ3v) is 4.76. The van der Waals surface area contributed by atoms with E-state index in [1.807, 2.05) is 30.3 Å². The van der Waals surface area contributed by atoms with Crippen molar-refractivity contribution in [3.63, 3.8) is 0 Å². The number of H-pyrrole nitrogens is 1. The molecule has 0 fully saturated rings. The molecular weight excluding hydrogens is 314 g/mol. The average Bonchev–Trinajstić information content (AvgIpc) is 2.65. The molecular formula is C20H25N3O2. The van der Waals surface area contributed by atoms with E-state index in [4.69, 9.17) is 0 Å². The van der Waals surface area contributed by atoms with Gasteiger partial charge in [0, 0.05) is 37.6 Å². The molecule has 1 amide bonds. The van der Waals surface area contributed by atoms with Crippen molar-refractivity contribution in [2.24, 2.45) is 0 Å². The first-order valence-corrected chi connectivity index (χ1v) is 8.95. The number of unbranched alkanes of at least 4 members (excludes halogenated alkanes) is 1. The van der Waals surface area contributed by atoms with E-state index in [9.17, 15) is 9.59 Å². The van der Waals surface area contributed by atoms with Gasteiger partial charge >= 0.3 is 0 Å². The number of nitrogens with zero attached hydrogens (tertiary/aromatic N) is 2. The van der Waals surface area contributed by atoms with Crippen LogP contribution in [0.15, 0.2) is 41.3 Å². The first kappa shape index (κ1) is 17.3. The van der Waals surface area contributed by atoms with Crippen LogP contribution in [0.2, 0.25) is 0 Å². The lowest BCUT2D eigenvalue weighted by atomic mass is 10.0. The van der Waals surface area contributed by atoms with Crippen LogP contribution in [0.25, 0.3) is 0 Å². The largest absolute Gasteiger partial charge is 0.375 e. The summed E-state index contributed by atoms with van der Waals surface area (Å²) in [5.41, 5.74) is 2.97. The smallest absolute Gasteiger partial charge is 0.272 e. The molecule has 1 aliphatic rings. The second kappa shape index (κ2) is 7.55. The normalized spacial score (nSPS) is 13.4. The maximum Gasteiger partial charge on any atom is 0.272 e. The fourth-order valence-corrected chi connectivity index (χ4v) is 3.29. The highest BCUT2D eigenvalue weighted by molar-refractivity contribution is 6.06. The number of rotatable bonds is 5. The molecule has 2 aromatic rings. The molecule has 1 aromatic heterocycles. The first-order chi connectivity index (χ1) is 12.1. The van der Waals surface area contributed by atoms with E-state index in [-0.39, 0.29) is 11.5 Å². The standard InChI is InChI=1S/C20H25N3O2/c1-3-4-13-22(2)17-9-7-16(8-10-17)20(25)23-14-5-6-15-11-12-21-19(24)18(15)23/h7-12H,3-6,13-14H2,1-2H3,(H,21,24). The molecule has 0 bridgehead atoms. The van der Waals surface area contributed by atoms with Gasteiger partial charge in [0.2, 0.25) is 0 Å². The molecule has 0 radical (unpaired) electrons. The summed E-state index contributed by atoms with van der Waals surface area (Å²) in [5.74, 6) is -0.111. The van der Waals surface area contributed by atoms with Crippen LogP contribution in [-0.4, -0.2) is 31.0 Å². The summed E-state index contributed by atoms with van der Waals surface area (Å²) in [6.07, 6.45) is 5.66. The highest BCUT2D eigenvalue weighted by Gasteiger charge is 2.26. The van der Waals surface area contributed by atoms with Gasteiger partial charge in [0.1, 0.15) is 5.69 Å². The highest BCUT2D eigenvalue weighted by Crippen LogP contribution is 2.25. The molecule has 1 N–H and O–H groups in total. The first-order valence-electron chi connectivity index (χ1n) is 8.95. The number of hydrogen-bond donors (Lipinski definition) is 1. The fraction of sp³-hybridized carbons (Fsp3) is 0.400. The van der Waals surface area contributed by atoms with Crippen molar-refractivity contribution in [1.82, 2.24) is 4.98 Å². The maximum atomic E-state index is 12.9. The van der Waals surface area contributed by atoms with E-state index < -0.39 is 0 Å². The lowest BCUT2D eigenvalue weighted by Crippen LogP contribution is -2.39. The zero-order valence-electron chi connectivity index (χ0n) is 14.9. The second-order valence-corrected chi connectivity index (χ2v) is 6.56. The van der Waals surface area contributed by atoms with E-state index in [0.29, 0.717) is 17.8 Å². The van der Waals surface area contributed by atoms with Gasteiger partial charge in [-0.1, -0.05) is 13.3 Å². The number of fused-ring (bicyclic) bond motifs is 1. The monoisotopic (exact) mass is 339 g/mol. The summed E-state index contributed by atoms with van der Waals surface area (Å²) >= 11 is 0. The number of carbonyl (C=O) groups excluding carboxylic acids is 1. The second-order valence-electron chi connectivity index (χ2n) is 6.56. The molecule has 1 aliphatic heterocycles. The van der Waals surface area contributed by atoms with Gasteiger partial charge in [-0.3, -0.25) is 9.59 Å². The number of carbonyl (C=O) groups is 1. The van der Waals surface area contributed by atoms with Crippen LogP contribution in [-0.2, 0) is 6.42 Å². The van der Waals surface area contributed by atoms with Crippen molar-refractivity contribution in [3.05, 3.63) is 58.0 Å². The number of anilines is 2. The van der Waals surface area contributed by atoms with Crippen LogP contribution < -0.4 is 15.4 Å². The summed E-state index contributed by atoms with van der Waals surface area (Å²) < 4.78 is 0. The van der Waals surface area contributed by atoms with E-state index in [1.54, 1.807) is 11.1 Å². The Morgan fingerprint density at radius 1 is 1.24 bits per heavy atom. The summed E-state index contributed by atoms with van der Waals surface area (Å²) in [7, 11) is 2.06. The minimum absolute atomic E-state index is 0.111. The minimum Gasteiger partial charge on any atom is -0.375 e. The number of aryl methyl sites for hydroxylation is 1. The van der Waals surface area contributed by atoms with Crippen LogP contribution in [0.5, 0.6) is 0 Å². The maximum absolute atomic E-state index is 12.9. The van der Waals surface area contributed by atoms with Crippen molar-refractivity contribution < 1.29 is 4.79 Å². The van der Waals surface area contributed by atoms with Crippen LogP contribution in [0, 0.1) is 0 Å². The molecule has 25 heavy (non-hydrogen) atoms. The molecule has 2 heterocycles. The quantitative estimate of drug-likeness (QED) is 0.910. The lowest BCUT2D eigenvalue weighted by Gasteiger charge is -2.28. The summed E-state index contributed by atoms with van der Waals surface area (Å²) in [4.78, 5) is 31.6. The molecule has 3 rings (SSSR count). The molecule has 0 spiro atoms. The van der Waals surface area contributed by atoms with Crippen molar-refractivity contribution in [3.8, 4) is 0 Å². The van der Waals surface area contributed by atoms with Crippen molar-refractivity contribution in [2.45, 2.75) is 32.6 Å². The van der Waals surface area contributed by atoms with Crippen LogP contribution >= 0.6 is 0 Å². The molecule has 0 atom stereocenters. The summed E-state index contributed by atoms with van der Waals surface area (Å²) in [6.45, 7) is 3.75. The fourth-order valence-electron chi connectivity index (χ4n) is 3.29. The van der Waals surface area contributed by atoms with E-state index >= 15 is 0 Å². The molecule has 5 nitrogen and oxygen atoms in total. The van der Waals surface area contributed by atoms with Crippen LogP contribution in [0.3, 0.4) is 0 Å². The molecule has 132 valence electrons. The van der Waals surface area contributed by atoms with Gasteiger partial charge < -0.3 is 14.8 Å². The number of aromatic amines is 1. The Morgan fingerprint density at radius 3 is 2.72 bits per heavy atom. The third-order valence-electron chi connectivity index (χ3n) is 4.76. The van der Waals surface area contributed by atoms with Crippen molar-refractivity contribution in [1.29, 1.82) is 0 Å². The van der Waals surface area contributed by atoms with Gasteiger partial charge in [0.05, 0.1) is 0 Å². The molecule has 0 saturated heterocycles. The Labute approximate surface area is 148 Å². The van der Waals surface area contributed by atoms with Gasteiger partial charge in [-0.15, -0.1) is 0 Å². The van der Waals surface area contributed by atoms with E-state index in [0.717, 1.165) is 43.5 Å². The van der Waals surface area contributed by atoms with Gasteiger partial charge in [0.15, 0.2) is 0 Å². The SMILES string of the molecule is CCCCN(C)c1ccc(C(=O)N2CCCc3cc[nH]c(=O)c32)cc1. The third kappa shape index (κ3) is 3.60. The van der Waals surface area contributed by atoms with Crippen molar-refractivity contribution >= 4 is 17.3 Å². The molecule has 1 aromatic carbocycles. The zero-order valence-corrected chi connectivity index (χ0v) is 14.9. The van der Waals surface area contributed by atoms with Gasteiger partial charge in [0.25, 0.3) is 11.5 Å². The number of pyridine rings is 1. The number of amides is 1. The van der Waals surface area contributed by atoms with Crippen molar-refractivity contribution in [2.75, 3.05) is 29.9 Å². The Kier molecular flexibility index (Phi) is 5.22. The lowest BCUT2D eigenvalue weighted by molar-refractivity contribution is 0.0985.